The third-order valence-corrected chi connectivity index (χ3v) is 3.16. The van der Waals surface area contributed by atoms with Crippen LogP contribution < -0.4 is 11.1 Å². The summed E-state index contributed by atoms with van der Waals surface area (Å²) >= 11 is 0. The number of benzene rings is 1. The van der Waals surface area contributed by atoms with Crippen molar-refractivity contribution in [2.75, 3.05) is 6.54 Å². The van der Waals surface area contributed by atoms with Crippen LogP contribution in [0.2, 0.25) is 0 Å². The van der Waals surface area contributed by atoms with Crippen LogP contribution in [0.15, 0.2) is 18.2 Å². The van der Waals surface area contributed by atoms with E-state index in [4.69, 9.17) is 5.73 Å². The van der Waals surface area contributed by atoms with Crippen LogP contribution in [0.25, 0.3) is 0 Å². The Morgan fingerprint density at radius 3 is 2.80 bits per heavy atom. The van der Waals surface area contributed by atoms with Crippen molar-refractivity contribution in [1.29, 1.82) is 0 Å². The first-order valence-corrected chi connectivity index (χ1v) is 6.06. The quantitative estimate of drug-likeness (QED) is 0.748. The first kappa shape index (κ1) is 14.1. The number of piperazine rings is 1. The van der Waals surface area contributed by atoms with Gasteiger partial charge in [0.2, 0.25) is 17.7 Å². The van der Waals surface area contributed by atoms with Crippen LogP contribution in [0.3, 0.4) is 0 Å². The average molecular weight is 279 g/mol. The van der Waals surface area contributed by atoms with Gasteiger partial charge in [-0.3, -0.25) is 24.6 Å². The van der Waals surface area contributed by atoms with Crippen molar-refractivity contribution in [2.24, 2.45) is 5.73 Å². The Morgan fingerprint density at radius 1 is 1.50 bits per heavy atom. The molecule has 1 aliphatic rings. The van der Waals surface area contributed by atoms with Gasteiger partial charge in [0.05, 0.1) is 19.1 Å². The molecule has 1 unspecified atom stereocenters. The molecule has 20 heavy (non-hydrogen) atoms. The van der Waals surface area contributed by atoms with E-state index >= 15 is 0 Å². The largest absolute Gasteiger partial charge is 0.366 e. The number of nitrogens with two attached hydrogens (primary N) is 1. The van der Waals surface area contributed by atoms with Crippen LogP contribution in [0.5, 0.6) is 0 Å². The second-order valence-electron chi connectivity index (χ2n) is 4.59. The Balaban J connectivity index is 2.23. The zero-order valence-electron chi connectivity index (χ0n) is 10.9. The fraction of sp³-hybridized carbons (Fsp3) is 0.308. The minimum atomic E-state index is -0.738. The molecule has 1 atom stereocenters. The number of hydrogen-bond acceptors (Lipinski definition) is 4. The monoisotopic (exact) mass is 279 g/mol. The molecule has 106 valence electrons. The van der Waals surface area contributed by atoms with Crippen LogP contribution >= 0.6 is 0 Å². The summed E-state index contributed by atoms with van der Waals surface area (Å²) in [6, 6.07) is 3.23. The maximum Gasteiger partial charge on any atom is 0.248 e. The smallest absolute Gasteiger partial charge is 0.248 e. The van der Waals surface area contributed by atoms with Crippen LogP contribution in [-0.4, -0.2) is 35.2 Å². The molecule has 1 aromatic carbocycles. The number of rotatable bonds is 3. The summed E-state index contributed by atoms with van der Waals surface area (Å²) in [6.07, 6.45) is 0. The van der Waals surface area contributed by atoms with E-state index < -0.39 is 29.6 Å². The lowest BCUT2D eigenvalue weighted by Crippen LogP contribution is -2.56. The molecule has 0 spiro atoms. The maximum atomic E-state index is 13.8. The van der Waals surface area contributed by atoms with Crippen LogP contribution in [0.4, 0.5) is 4.39 Å². The molecule has 0 bridgehead atoms. The van der Waals surface area contributed by atoms with E-state index in [2.05, 4.69) is 5.32 Å². The summed E-state index contributed by atoms with van der Waals surface area (Å²) in [5.41, 5.74) is 5.24. The zero-order valence-corrected chi connectivity index (χ0v) is 10.9. The van der Waals surface area contributed by atoms with Gasteiger partial charge in [0.25, 0.3) is 0 Å². The number of amides is 3. The molecule has 1 aromatic rings. The van der Waals surface area contributed by atoms with Crippen LogP contribution in [0.1, 0.15) is 22.8 Å². The van der Waals surface area contributed by atoms with Crippen molar-refractivity contribution in [2.45, 2.75) is 19.5 Å². The van der Waals surface area contributed by atoms with Crippen LogP contribution in [0, 0.1) is 5.82 Å². The van der Waals surface area contributed by atoms with Gasteiger partial charge >= 0.3 is 0 Å². The fourth-order valence-corrected chi connectivity index (χ4v) is 1.95. The number of carbonyl (C=O) groups excluding carboxylic acids is 3. The predicted molar refractivity (Wildman–Crippen MR) is 67.9 cm³/mol. The number of imide groups is 1. The molecular weight excluding hydrogens is 265 g/mol. The Bertz CT molecular complexity index is 588. The summed E-state index contributed by atoms with van der Waals surface area (Å²) in [4.78, 5) is 35.5. The predicted octanol–water partition coefficient (Wildman–Crippen LogP) is -0.229. The number of halogens is 1. The van der Waals surface area contributed by atoms with E-state index in [1.807, 2.05) is 0 Å². The van der Waals surface area contributed by atoms with E-state index in [9.17, 15) is 18.8 Å². The van der Waals surface area contributed by atoms with Gasteiger partial charge in [-0.15, -0.1) is 0 Å². The molecule has 0 aromatic heterocycles. The summed E-state index contributed by atoms with van der Waals surface area (Å²) in [7, 11) is 0. The molecule has 6 nitrogen and oxygen atoms in total. The second-order valence-corrected chi connectivity index (χ2v) is 4.59. The van der Waals surface area contributed by atoms with E-state index in [-0.39, 0.29) is 24.2 Å². The fourth-order valence-electron chi connectivity index (χ4n) is 1.95. The van der Waals surface area contributed by atoms with Gasteiger partial charge in [0.1, 0.15) is 5.82 Å². The Morgan fingerprint density at radius 2 is 2.20 bits per heavy atom. The topological polar surface area (TPSA) is 92.5 Å². The van der Waals surface area contributed by atoms with E-state index in [1.54, 1.807) is 6.92 Å². The summed E-state index contributed by atoms with van der Waals surface area (Å²) in [5, 5.41) is 2.74. The Labute approximate surface area is 114 Å². The normalized spacial score (nSPS) is 19.3. The van der Waals surface area contributed by atoms with Gasteiger partial charge in [0.15, 0.2) is 0 Å². The molecule has 2 rings (SSSR count). The number of nitrogens with zero attached hydrogens (tertiary/aromatic N) is 1. The van der Waals surface area contributed by atoms with Gasteiger partial charge in [-0.25, -0.2) is 4.39 Å². The number of carbonyl (C=O) groups is 3. The van der Waals surface area contributed by atoms with E-state index in [0.29, 0.717) is 0 Å². The lowest BCUT2D eigenvalue weighted by atomic mass is 10.1. The molecular formula is C13H14FN3O3. The maximum absolute atomic E-state index is 13.8. The van der Waals surface area contributed by atoms with Gasteiger partial charge in [0, 0.05) is 11.1 Å². The number of nitrogens with one attached hydrogen (secondary N) is 1. The molecule has 3 N–H and O–H groups in total. The summed E-state index contributed by atoms with van der Waals surface area (Å²) in [6.45, 7) is 1.51. The summed E-state index contributed by atoms with van der Waals surface area (Å²) in [5.74, 6) is -2.22. The minimum absolute atomic E-state index is 0.0356. The van der Waals surface area contributed by atoms with Gasteiger partial charge in [-0.2, -0.15) is 0 Å². The third-order valence-electron chi connectivity index (χ3n) is 3.16. The molecule has 0 radical (unpaired) electrons. The number of primary amides is 1. The van der Waals surface area contributed by atoms with Crippen molar-refractivity contribution < 1.29 is 18.8 Å². The molecule has 1 saturated heterocycles. The second kappa shape index (κ2) is 5.38. The Hall–Kier alpha value is -2.28. The van der Waals surface area contributed by atoms with E-state index in [1.165, 1.54) is 12.1 Å². The SMILES string of the molecule is CC1NCC(=O)N(Cc2ccc(C(N)=O)cc2F)C1=O. The zero-order chi connectivity index (χ0) is 14.9. The number of hydrogen-bond donors (Lipinski definition) is 2. The van der Waals surface area contributed by atoms with E-state index in [0.717, 1.165) is 11.0 Å². The van der Waals surface area contributed by atoms with Gasteiger partial charge in [-0.05, 0) is 19.1 Å². The average Bonchev–Trinajstić information content (AvgIpc) is 2.40. The molecule has 0 aliphatic carbocycles. The first-order chi connectivity index (χ1) is 9.40. The molecule has 1 heterocycles. The van der Waals surface area contributed by atoms with Crippen molar-refractivity contribution in [3.8, 4) is 0 Å². The Kier molecular flexibility index (Phi) is 3.80. The third kappa shape index (κ3) is 2.67. The first-order valence-electron chi connectivity index (χ1n) is 6.06. The highest BCUT2D eigenvalue weighted by Crippen LogP contribution is 2.15. The molecule has 3 amide bonds. The molecule has 7 heteroatoms. The molecule has 1 aliphatic heterocycles. The highest BCUT2D eigenvalue weighted by molar-refractivity contribution is 6.01. The lowest BCUT2D eigenvalue weighted by Gasteiger charge is -2.29. The van der Waals surface area contributed by atoms with Crippen LogP contribution in [-0.2, 0) is 16.1 Å². The van der Waals surface area contributed by atoms with Crippen molar-refractivity contribution in [3.05, 3.63) is 35.1 Å². The van der Waals surface area contributed by atoms with Crippen molar-refractivity contribution in [1.82, 2.24) is 10.2 Å². The highest BCUT2D eigenvalue weighted by Gasteiger charge is 2.31. The molecule has 0 saturated carbocycles. The summed E-state index contributed by atoms with van der Waals surface area (Å²) < 4.78 is 13.8. The minimum Gasteiger partial charge on any atom is -0.366 e. The highest BCUT2D eigenvalue weighted by atomic mass is 19.1. The molecule has 1 fully saturated rings. The lowest BCUT2D eigenvalue weighted by molar-refractivity contribution is -0.149. The van der Waals surface area contributed by atoms with Crippen molar-refractivity contribution in [3.63, 3.8) is 0 Å². The van der Waals surface area contributed by atoms with Crippen molar-refractivity contribution >= 4 is 17.7 Å². The standard InChI is InChI=1S/C13H14FN3O3/c1-7-13(20)17(11(18)5-16-7)6-9-3-2-8(12(15)19)4-10(9)14/h2-4,7,16H,5-6H2,1H3,(H2,15,19). The van der Waals surface area contributed by atoms with Gasteiger partial charge < -0.3 is 5.73 Å². The van der Waals surface area contributed by atoms with Gasteiger partial charge in [-0.1, -0.05) is 6.07 Å².